The third-order valence-corrected chi connectivity index (χ3v) is 4.49. The van der Waals surface area contributed by atoms with Gasteiger partial charge in [0.05, 0.1) is 17.6 Å². The molecule has 0 radical (unpaired) electrons. The topological polar surface area (TPSA) is 145 Å². The Kier molecular flexibility index (Phi) is 3.88. The lowest BCUT2D eigenvalue weighted by Crippen LogP contribution is -2.33. The summed E-state index contributed by atoms with van der Waals surface area (Å²) in [7, 11) is 1.69. The third-order valence-electron chi connectivity index (χ3n) is 4.49. The predicted molar refractivity (Wildman–Crippen MR) is 89.3 cm³/mol. The molecule has 4 N–H and O–H groups in total. The van der Waals surface area contributed by atoms with E-state index in [0.29, 0.717) is 28.3 Å². The van der Waals surface area contributed by atoms with Crippen LogP contribution in [0.5, 0.6) is 0 Å². The highest BCUT2D eigenvalue weighted by atomic mass is 16.6. The van der Waals surface area contributed by atoms with Gasteiger partial charge >= 0.3 is 0 Å². The molecule has 1 saturated heterocycles. The molecule has 0 saturated carbocycles. The highest BCUT2D eigenvalue weighted by Crippen LogP contribution is 2.37. The number of carbonyl (C=O) groups is 1. The summed E-state index contributed by atoms with van der Waals surface area (Å²) in [5, 5.41) is 38.8. The molecular formula is C15H18N6O5. The van der Waals surface area contributed by atoms with Crippen molar-refractivity contribution in [2.24, 2.45) is 5.10 Å². The van der Waals surface area contributed by atoms with Gasteiger partial charge in [0.1, 0.15) is 30.3 Å². The van der Waals surface area contributed by atoms with E-state index in [9.17, 15) is 20.1 Å². The van der Waals surface area contributed by atoms with Gasteiger partial charge < -0.3 is 29.9 Å². The number of amides is 1. The average Bonchev–Trinajstić information content (AvgIpc) is 3.12. The van der Waals surface area contributed by atoms with Crippen LogP contribution in [-0.2, 0) is 9.53 Å². The van der Waals surface area contributed by atoms with Crippen LogP contribution in [0.3, 0.4) is 0 Å². The number of hydrogen-bond donors (Lipinski definition) is 4. The molecule has 138 valence electrons. The summed E-state index contributed by atoms with van der Waals surface area (Å²) in [4.78, 5) is 20.0. The Bertz CT molecular complexity index is 911. The Morgan fingerprint density at radius 1 is 1.35 bits per heavy atom. The zero-order valence-electron chi connectivity index (χ0n) is 14.1. The first-order valence-corrected chi connectivity index (χ1v) is 8.00. The monoisotopic (exact) mass is 362 g/mol. The number of aliphatic hydroxyl groups is 3. The smallest absolute Gasteiger partial charge is 0.222 e. The fourth-order valence-corrected chi connectivity index (χ4v) is 3.31. The van der Waals surface area contributed by atoms with Crippen LogP contribution in [0.4, 0.5) is 5.82 Å². The van der Waals surface area contributed by atoms with Crippen molar-refractivity contribution in [2.75, 3.05) is 18.7 Å². The Labute approximate surface area is 147 Å². The lowest BCUT2D eigenvalue weighted by Gasteiger charge is -2.20. The van der Waals surface area contributed by atoms with E-state index in [4.69, 9.17) is 4.74 Å². The lowest BCUT2D eigenvalue weighted by molar-refractivity contribution is -0.117. The third kappa shape index (κ3) is 2.36. The summed E-state index contributed by atoms with van der Waals surface area (Å²) in [6.45, 7) is 0.947. The summed E-state index contributed by atoms with van der Waals surface area (Å²) in [5.74, 6) is 0.564. The number of aliphatic hydroxyl groups excluding tert-OH is 3. The van der Waals surface area contributed by atoms with Gasteiger partial charge in [0, 0.05) is 20.2 Å². The molecule has 1 fully saturated rings. The van der Waals surface area contributed by atoms with Gasteiger partial charge in [-0.25, -0.2) is 15.0 Å². The number of rotatable bonds is 2. The standard InChI is InChI=1S/C15H18N6O5/c1-6(23)18-12-7-3-21(15-11(25)10(24)8(4-22)26-15)14-9(7)13(16-5-17-14)20(2)19-12/h3,5,8,10-11,15,22,24-25H,4H2,1-2H3,(H,18,19,23)/t8-,10-,11-,15?/m1/s1. The second kappa shape index (κ2) is 5.99. The van der Waals surface area contributed by atoms with Crippen LogP contribution >= 0.6 is 0 Å². The fourth-order valence-electron chi connectivity index (χ4n) is 3.31. The van der Waals surface area contributed by atoms with Crippen molar-refractivity contribution in [3.8, 4) is 0 Å². The zero-order chi connectivity index (χ0) is 18.6. The summed E-state index contributed by atoms with van der Waals surface area (Å²) >= 11 is 0. The largest absolute Gasteiger partial charge is 0.394 e. The minimum absolute atomic E-state index is 0.286. The molecule has 1 amide bonds. The van der Waals surface area contributed by atoms with E-state index in [1.807, 2.05) is 0 Å². The minimum atomic E-state index is -1.26. The Balaban J connectivity index is 1.87. The minimum Gasteiger partial charge on any atom is -0.394 e. The number of anilines is 1. The number of carbonyl (C=O) groups excluding carboxylic acids is 1. The maximum absolute atomic E-state index is 11.5. The predicted octanol–water partition coefficient (Wildman–Crippen LogP) is -1.71. The summed E-state index contributed by atoms with van der Waals surface area (Å²) < 4.78 is 7.15. The second-order valence-corrected chi connectivity index (χ2v) is 6.23. The van der Waals surface area contributed by atoms with Crippen molar-refractivity contribution in [1.29, 1.82) is 0 Å². The fraction of sp³-hybridized carbons (Fsp3) is 0.467. The summed E-state index contributed by atoms with van der Waals surface area (Å²) in [5.41, 5.74) is 1.02. The molecule has 4 rings (SSSR count). The number of hydrazone groups is 1. The highest BCUT2D eigenvalue weighted by molar-refractivity contribution is 6.18. The van der Waals surface area contributed by atoms with Crippen LogP contribution in [0, 0.1) is 0 Å². The number of hydrogen-bond acceptors (Lipinski definition) is 9. The molecule has 0 aromatic carbocycles. The molecule has 1 unspecified atom stereocenters. The molecule has 2 aliphatic rings. The van der Waals surface area contributed by atoms with E-state index in [1.165, 1.54) is 18.3 Å². The SMILES string of the molecule is CC(=O)NC1=NN(C)c2ncnc3c2c1cn3C1O[C@H](CO)[C@@H](O)[C@H]1O. The van der Waals surface area contributed by atoms with Crippen LogP contribution in [0.2, 0.25) is 0 Å². The van der Waals surface area contributed by atoms with Crippen molar-refractivity contribution < 1.29 is 24.9 Å². The molecular weight excluding hydrogens is 344 g/mol. The second-order valence-electron chi connectivity index (χ2n) is 6.23. The molecule has 0 bridgehead atoms. The quantitative estimate of drug-likeness (QED) is 0.494. The van der Waals surface area contributed by atoms with Crippen molar-refractivity contribution in [3.63, 3.8) is 0 Å². The average molecular weight is 362 g/mol. The van der Waals surface area contributed by atoms with E-state index in [1.54, 1.807) is 17.8 Å². The molecule has 11 heteroatoms. The van der Waals surface area contributed by atoms with E-state index in [-0.39, 0.29) is 5.91 Å². The van der Waals surface area contributed by atoms with Gasteiger partial charge in [-0.3, -0.25) is 4.79 Å². The lowest BCUT2D eigenvalue weighted by atomic mass is 10.1. The van der Waals surface area contributed by atoms with Crippen molar-refractivity contribution in [1.82, 2.24) is 19.9 Å². The number of amidine groups is 1. The molecule has 2 aromatic rings. The zero-order valence-corrected chi connectivity index (χ0v) is 14.1. The van der Waals surface area contributed by atoms with Crippen molar-refractivity contribution in [3.05, 3.63) is 18.1 Å². The molecule has 2 aliphatic heterocycles. The van der Waals surface area contributed by atoms with Gasteiger partial charge in [0.25, 0.3) is 0 Å². The Morgan fingerprint density at radius 2 is 2.12 bits per heavy atom. The first-order chi connectivity index (χ1) is 12.4. The number of nitrogens with zero attached hydrogens (tertiary/aromatic N) is 5. The van der Waals surface area contributed by atoms with Gasteiger partial charge in [-0.1, -0.05) is 0 Å². The number of ether oxygens (including phenoxy) is 1. The first-order valence-electron chi connectivity index (χ1n) is 8.00. The molecule has 2 aromatic heterocycles. The highest BCUT2D eigenvalue weighted by Gasteiger charge is 2.44. The molecule has 0 aliphatic carbocycles. The van der Waals surface area contributed by atoms with Crippen LogP contribution in [0.1, 0.15) is 18.7 Å². The van der Waals surface area contributed by atoms with E-state index < -0.39 is 31.1 Å². The number of aromatic nitrogens is 3. The molecule has 11 nitrogen and oxygen atoms in total. The summed E-state index contributed by atoms with van der Waals surface area (Å²) in [6, 6.07) is 0. The number of nitrogens with one attached hydrogen (secondary N) is 1. The van der Waals surface area contributed by atoms with Gasteiger partial charge in [-0.15, -0.1) is 0 Å². The van der Waals surface area contributed by atoms with Crippen LogP contribution in [-0.4, -0.2) is 73.6 Å². The maximum Gasteiger partial charge on any atom is 0.222 e. The van der Waals surface area contributed by atoms with E-state index in [0.717, 1.165) is 0 Å². The summed E-state index contributed by atoms with van der Waals surface area (Å²) in [6.07, 6.45) is -1.37. The first kappa shape index (κ1) is 16.8. The van der Waals surface area contributed by atoms with Crippen LogP contribution in [0.25, 0.3) is 11.0 Å². The Hall–Kier alpha value is -2.60. The van der Waals surface area contributed by atoms with Crippen molar-refractivity contribution in [2.45, 2.75) is 31.5 Å². The molecule has 26 heavy (non-hydrogen) atoms. The molecule has 0 spiro atoms. The van der Waals surface area contributed by atoms with Gasteiger partial charge in [-0.05, 0) is 0 Å². The molecule has 4 heterocycles. The van der Waals surface area contributed by atoms with Crippen LogP contribution in [0.15, 0.2) is 17.6 Å². The van der Waals surface area contributed by atoms with Crippen LogP contribution < -0.4 is 10.3 Å². The van der Waals surface area contributed by atoms with Gasteiger partial charge in [0.15, 0.2) is 17.9 Å². The van der Waals surface area contributed by atoms with Gasteiger partial charge in [0.2, 0.25) is 5.91 Å². The van der Waals surface area contributed by atoms with E-state index in [2.05, 4.69) is 20.4 Å². The maximum atomic E-state index is 11.5. The van der Waals surface area contributed by atoms with E-state index >= 15 is 0 Å². The Morgan fingerprint density at radius 3 is 2.77 bits per heavy atom. The molecule has 4 atom stereocenters. The van der Waals surface area contributed by atoms with Gasteiger partial charge in [-0.2, -0.15) is 5.10 Å². The normalized spacial score (nSPS) is 27.7. The van der Waals surface area contributed by atoms with Crippen molar-refractivity contribution >= 4 is 28.6 Å².